The molecular weight excluding hydrogens is 238 g/mol. The predicted octanol–water partition coefficient (Wildman–Crippen LogP) is 2.89. The van der Waals surface area contributed by atoms with E-state index < -0.39 is 0 Å². The Kier molecular flexibility index (Phi) is 2.76. The third-order valence-electron chi connectivity index (χ3n) is 3.07. The SMILES string of the molecule is COc1ccc2ccccc2c1-c1nccnc1N. The Bertz CT molecular complexity index is 740. The largest absolute Gasteiger partial charge is 0.496 e. The van der Waals surface area contributed by atoms with E-state index in [1.165, 1.54) is 0 Å². The Morgan fingerprint density at radius 1 is 1.00 bits per heavy atom. The topological polar surface area (TPSA) is 61.0 Å². The van der Waals surface area contributed by atoms with Gasteiger partial charge in [-0.3, -0.25) is 4.98 Å². The highest BCUT2D eigenvalue weighted by Crippen LogP contribution is 2.37. The average molecular weight is 251 g/mol. The van der Waals surface area contributed by atoms with Crippen LogP contribution in [0.25, 0.3) is 22.0 Å². The summed E-state index contributed by atoms with van der Waals surface area (Å²) >= 11 is 0. The number of nitrogen functional groups attached to an aromatic ring is 1. The zero-order chi connectivity index (χ0) is 13.2. The molecule has 0 spiro atoms. The lowest BCUT2D eigenvalue weighted by atomic mass is 10.0. The highest BCUT2D eigenvalue weighted by atomic mass is 16.5. The maximum absolute atomic E-state index is 5.94. The molecule has 0 bridgehead atoms. The third kappa shape index (κ3) is 1.87. The van der Waals surface area contributed by atoms with E-state index in [-0.39, 0.29) is 0 Å². The summed E-state index contributed by atoms with van der Waals surface area (Å²) in [6.07, 6.45) is 3.21. The van der Waals surface area contributed by atoms with Gasteiger partial charge < -0.3 is 10.5 Å². The Balaban J connectivity index is 2.41. The predicted molar refractivity (Wildman–Crippen MR) is 75.9 cm³/mol. The van der Waals surface area contributed by atoms with Gasteiger partial charge in [0.25, 0.3) is 0 Å². The van der Waals surface area contributed by atoms with E-state index >= 15 is 0 Å². The molecule has 1 heterocycles. The minimum atomic E-state index is 0.400. The summed E-state index contributed by atoms with van der Waals surface area (Å²) in [6, 6.07) is 12.0. The number of hydrogen-bond donors (Lipinski definition) is 1. The van der Waals surface area contributed by atoms with Gasteiger partial charge in [-0.05, 0) is 16.8 Å². The molecule has 4 heteroatoms. The van der Waals surface area contributed by atoms with Gasteiger partial charge in [-0.15, -0.1) is 0 Å². The van der Waals surface area contributed by atoms with Crippen LogP contribution in [0.3, 0.4) is 0 Å². The summed E-state index contributed by atoms with van der Waals surface area (Å²) in [6.45, 7) is 0. The summed E-state index contributed by atoms with van der Waals surface area (Å²) in [5.74, 6) is 1.14. The van der Waals surface area contributed by atoms with Gasteiger partial charge in [-0.1, -0.05) is 30.3 Å². The third-order valence-corrected chi connectivity index (χ3v) is 3.07. The summed E-state index contributed by atoms with van der Waals surface area (Å²) in [5, 5.41) is 2.16. The van der Waals surface area contributed by atoms with Gasteiger partial charge >= 0.3 is 0 Å². The van der Waals surface area contributed by atoms with Gasteiger partial charge in [0.1, 0.15) is 17.3 Å². The van der Waals surface area contributed by atoms with Gasteiger partial charge in [0, 0.05) is 12.4 Å². The van der Waals surface area contributed by atoms with Crippen molar-refractivity contribution in [1.82, 2.24) is 9.97 Å². The Labute approximate surface area is 110 Å². The number of hydrogen-bond acceptors (Lipinski definition) is 4. The monoisotopic (exact) mass is 251 g/mol. The summed E-state index contributed by atoms with van der Waals surface area (Å²) in [4.78, 5) is 8.44. The summed E-state index contributed by atoms with van der Waals surface area (Å²) in [5.41, 5.74) is 7.47. The average Bonchev–Trinajstić information content (AvgIpc) is 2.47. The van der Waals surface area contributed by atoms with E-state index in [2.05, 4.69) is 9.97 Å². The molecule has 0 fully saturated rings. The van der Waals surface area contributed by atoms with Crippen molar-refractivity contribution in [3.05, 3.63) is 48.8 Å². The number of rotatable bonds is 2. The van der Waals surface area contributed by atoms with E-state index in [1.54, 1.807) is 19.5 Å². The molecule has 0 aliphatic carbocycles. The number of aromatic nitrogens is 2. The molecule has 19 heavy (non-hydrogen) atoms. The van der Waals surface area contributed by atoms with Crippen LogP contribution in [-0.4, -0.2) is 17.1 Å². The minimum Gasteiger partial charge on any atom is -0.496 e. The first-order chi connectivity index (χ1) is 9.31. The smallest absolute Gasteiger partial charge is 0.150 e. The Morgan fingerprint density at radius 2 is 1.79 bits per heavy atom. The first kappa shape index (κ1) is 11.5. The van der Waals surface area contributed by atoms with E-state index in [9.17, 15) is 0 Å². The molecule has 0 amide bonds. The number of benzene rings is 2. The zero-order valence-corrected chi connectivity index (χ0v) is 10.5. The standard InChI is InChI=1S/C15H13N3O/c1-19-12-7-6-10-4-2-3-5-11(10)13(12)14-15(16)18-9-8-17-14/h2-9H,1H3,(H2,16,18). The highest BCUT2D eigenvalue weighted by molar-refractivity contribution is 6.00. The van der Waals surface area contributed by atoms with Crippen LogP contribution in [0.2, 0.25) is 0 Å². The molecule has 94 valence electrons. The van der Waals surface area contributed by atoms with Gasteiger partial charge in [-0.2, -0.15) is 0 Å². The van der Waals surface area contributed by atoms with Gasteiger partial charge in [0.05, 0.1) is 12.7 Å². The Hall–Kier alpha value is -2.62. The van der Waals surface area contributed by atoms with Crippen LogP contribution in [0.1, 0.15) is 0 Å². The van der Waals surface area contributed by atoms with E-state index in [1.807, 2.05) is 36.4 Å². The molecule has 2 N–H and O–H groups in total. The van der Waals surface area contributed by atoms with Gasteiger partial charge in [0.2, 0.25) is 0 Å². The summed E-state index contributed by atoms with van der Waals surface area (Å²) < 4.78 is 5.44. The van der Waals surface area contributed by atoms with Crippen molar-refractivity contribution >= 4 is 16.6 Å². The first-order valence-corrected chi connectivity index (χ1v) is 5.94. The lowest BCUT2D eigenvalue weighted by Crippen LogP contribution is -1.98. The van der Waals surface area contributed by atoms with Crippen molar-refractivity contribution in [1.29, 1.82) is 0 Å². The summed E-state index contributed by atoms with van der Waals surface area (Å²) in [7, 11) is 1.64. The van der Waals surface area contributed by atoms with Crippen molar-refractivity contribution in [2.75, 3.05) is 12.8 Å². The maximum atomic E-state index is 5.94. The first-order valence-electron chi connectivity index (χ1n) is 5.94. The number of methoxy groups -OCH3 is 1. The Morgan fingerprint density at radius 3 is 2.58 bits per heavy atom. The van der Waals surface area contributed by atoms with Gasteiger partial charge in [-0.25, -0.2) is 4.98 Å². The number of fused-ring (bicyclic) bond motifs is 1. The van der Waals surface area contributed by atoms with E-state index in [0.717, 1.165) is 22.1 Å². The molecule has 3 aromatic rings. The van der Waals surface area contributed by atoms with Crippen LogP contribution in [0.4, 0.5) is 5.82 Å². The van der Waals surface area contributed by atoms with Crippen LogP contribution in [0, 0.1) is 0 Å². The van der Waals surface area contributed by atoms with Crippen LogP contribution in [-0.2, 0) is 0 Å². The fraction of sp³-hybridized carbons (Fsp3) is 0.0667. The van der Waals surface area contributed by atoms with Crippen LogP contribution in [0.15, 0.2) is 48.8 Å². The normalized spacial score (nSPS) is 10.6. The van der Waals surface area contributed by atoms with Crippen LogP contribution in [0.5, 0.6) is 5.75 Å². The quantitative estimate of drug-likeness (QED) is 0.760. The molecule has 0 radical (unpaired) electrons. The van der Waals surface area contributed by atoms with Crippen molar-refractivity contribution in [2.24, 2.45) is 0 Å². The van der Waals surface area contributed by atoms with Crippen LogP contribution < -0.4 is 10.5 Å². The molecule has 0 atom stereocenters. The second kappa shape index (κ2) is 4.57. The fourth-order valence-corrected chi connectivity index (χ4v) is 2.21. The number of nitrogens with two attached hydrogens (primary N) is 1. The maximum Gasteiger partial charge on any atom is 0.150 e. The minimum absolute atomic E-state index is 0.400. The molecular formula is C15H13N3O. The number of ether oxygens (including phenoxy) is 1. The molecule has 0 saturated carbocycles. The zero-order valence-electron chi connectivity index (χ0n) is 10.5. The molecule has 0 saturated heterocycles. The lowest BCUT2D eigenvalue weighted by Gasteiger charge is -2.12. The van der Waals surface area contributed by atoms with Crippen molar-refractivity contribution < 1.29 is 4.74 Å². The van der Waals surface area contributed by atoms with Crippen molar-refractivity contribution in [3.63, 3.8) is 0 Å². The molecule has 0 aliphatic rings. The molecule has 4 nitrogen and oxygen atoms in total. The van der Waals surface area contributed by atoms with Crippen molar-refractivity contribution in [3.8, 4) is 17.0 Å². The van der Waals surface area contributed by atoms with E-state index in [0.29, 0.717) is 11.5 Å². The molecule has 1 aromatic heterocycles. The highest BCUT2D eigenvalue weighted by Gasteiger charge is 2.14. The van der Waals surface area contributed by atoms with Crippen molar-refractivity contribution in [2.45, 2.75) is 0 Å². The lowest BCUT2D eigenvalue weighted by molar-refractivity contribution is 0.417. The van der Waals surface area contributed by atoms with Crippen LogP contribution >= 0.6 is 0 Å². The second-order valence-electron chi connectivity index (χ2n) is 4.15. The molecule has 2 aromatic carbocycles. The van der Waals surface area contributed by atoms with Gasteiger partial charge in [0.15, 0.2) is 0 Å². The number of nitrogens with zero attached hydrogens (tertiary/aromatic N) is 2. The van der Waals surface area contributed by atoms with E-state index in [4.69, 9.17) is 10.5 Å². The number of anilines is 1. The molecule has 3 rings (SSSR count). The molecule has 0 aliphatic heterocycles. The second-order valence-corrected chi connectivity index (χ2v) is 4.15. The fourth-order valence-electron chi connectivity index (χ4n) is 2.21. The molecule has 0 unspecified atom stereocenters.